The van der Waals surface area contributed by atoms with Crippen LogP contribution in [0.4, 0.5) is 0 Å². The summed E-state index contributed by atoms with van der Waals surface area (Å²) in [5.74, 6) is 9.24. The smallest absolute Gasteiger partial charge is 0.00140 e. The summed E-state index contributed by atoms with van der Waals surface area (Å²) in [6.07, 6.45) is 1.70. The van der Waals surface area contributed by atoms with E-state index in [1.165, 1.54) is 29.6 Å². The molecule has 8 spiro atoms. The van der Waals surface area contributed by atoms with Gasteiger partial charge < -0.3 is 0 Å². The Morgan fingerprint density at radius 3 is 1.79 bits per heavy atom. The SMILES string of the molecule is CC1C2C3C4C5CC6C7C(C)C8(C)C9(C)C%10(C)C%11(C)C(C)(C)C%12(C)C1(C)C21C32C43C65C78C93C%102C%12%111. The van der Waals surface area contributed by atoms with E-state index in [0.29, 0.717) is 37.9 Å². The summed E-state index contributed by atoms with van der Waals surface area (Å²) < 4.78 is 0. The van der Waals surface area contributed by atoms with E-state index in [1.54, 1.807) is 6.42 Å². The zero-order valence-electron chi connectivity index (χ0n) is 22.8. The maximum Gasteiger partial charge on any atom is -0.00140 e. The van der Waals surface area contributed by atoms with Crippen molar-refractivity contribution in [3.8, 4) is 0 Å². The van der Waals surface area contributed by atoms with Gasteiger partial charge in [-0.1, -0.05) is 69.2 Å². The van der Waals surface area contributed by atoms with Crippen LogP contribution >= 0.6 is 0 Å². The van der Waals surface area contributed by atoms with Crippen molar-refractivity contribution in [3.05, 3.63) is 0 Å². The van der Waals surface area contributed by atoms with Gasteiger partial charge in [-0.15, -0.1) is 0 Å². The molecule has 0 nitrogen and oxygen atoms in total. The quantitative estimate of drug-likeness (QED) is 0.396. The highest BCUT2D eigenvalue weighted by atomic mass is 15.5. The number of hydrogen-bond donors (Lipinski definition) is 0. The normalized spacial score (nSPS) is 109. The topological polar surface area (TPSA) is 0 Å². The Bertz CT molecular complexity index is 1570. The zero-order valence-corrected chi connectivity index (χ0v) is 22.8. The summed E-state index contributed by atoms with van der Waals surface area (Å²) in [7, 11) is 0. The van der Waals surface area contributed by atoms with Crippen LogP contribution < -0.4 is 0 Å². The Hall–Kier alpha value is 0. The van der Waals surface area contributed by atoms with Gasteiger partial charge in [0.15, 0.2) is 0 Å². The third kappa shape index (κ3) is 0.410. The predicted octanol–water partition coefficient (Wildman–Crippen LogP) is 6.51. The van der Waals surface area contributed by atoms with E-state index >= 15 is 0 Å². The summed E-state index contributed by atoms with van der Waals surface area (Å²) in [5.41, 5.74) is 11.2. The molecule has 0 heteroatoms. The molecule has 0 N–H and O–H groups in total. The van der Waals surface area contributed by atoms with E-state index in [1.807, 2.05) is 0 Å². The Labute approximate surface area is 204 Å². The maximum absolute atomic E-state index is 2.99. The molecule has 22 atom stereocenters. The van der Waals surface area contributed by atoms with Crippen molar-refractivity contribution < 1.29 is 0 Å². The Kier molecular flexibility index (Phi) is 1.21. The van der Waals surface area contributed by atoms with Gasteiger partial charge in [-0.3, -0.25) is 0 Å². The third-order valence-corrected chi connectivity index (χ3v) is 25.5. The van der Waals surface area contributed by atoms with Crippen LogP contribution in [0.5, 0.6) is 0 Å². The third-order valence-electron chi connectivity index (χ3n) is 25.5. The van der Waals surface area contributed by atoms with Crippen molar-refractivity contribution in [2.24, 2.45) is 129 Å². The number of fused-ring (bicyclic) bond motifs is 8. The molecule has 15 fully saturated rings. The molecular formula is C34H40. The van der Waals surface area contributed by atoms with E-state index in [9.17, 15) is 0 Å². The minimum Gasteiger partial charge on any atom is -0.0616 e. The molecule has 0 aromatic carbocycles. The summed E-state index contributed by atoms with van der Waals surface area (Å²) in [5, 5.41) is 0. The van der Waals surface area contributed by atoms with Crippen LogP contribution in [0.25, 0.3) is 0 Å². The van der Waals surface area contributed by atoms with Crippen LogP contribution in [0.3, 0.4) is 0 Å². The van der Waals surface area contributed by atoms with E-state index in [2.05, 4.69) is 69.2 Å². The number of rotatable bonds is 0. The monoisotopic (exact) mass is 448 g/mol. The van der Waals surface area contributed by atoms with E-state index in [-0.39, 0.29) is 0 Å². The highest BCUT2D eigenvalue weighted by molar-refractivity contribution is 5.94. The van der Waals surface area contributed by atoms with Gasteiger partial charge in [-0.2, -0.15) is 0 Å². The Balaban J connectivity index is 1.19. The van der Waals surface area contributed by atoms with Crippen LogP contribution in [0, 0.1) is 129 Å². The van der Waals surface area contributed by atoms with Crippen LogP contribution in [0.1, 0.15) is 75.7 Å². The van der Waals surface area contributed by atoms with Crippen molar-refractivity contribution in [2.45, 2.75) is 75.7 Å². The van der Waals surface area contributed by atoms with Gasteiger partial charge in [0.1, 0.15) is 0 Å². The van der Waals surface area contributed by atoms with Crippen LogP contribution in [-0.4, -0.2) is 0 Å². The largest absolute Gasteiger partial charge is 0.0616 e. The summed E-state index contributed by atoms with van der Waals surface area (Å²) in [4.78, 5) is 0. The summed E-state index contributed by atoms with van der Waals surface area (Å²) in [6.45, 7) is 28.8. The van der Waals surface area contributed by atoms with Crippen molar-refractivity contribution in [1.29, 1.82) is 0 Å². The molecule has 0 radical (unpaired) electrons. The van der Waals surface area contributed by atoms with Gasteiger partial charge in [0.05, 0.1) is 0 Å². The van der Waals surface area contributed by atoms with Gasteiger partial charge >= 0.3 is 0 Å². The Morgan fingerprint density at radius 1 is 0.471 bits per heavy atom. The highest BCUT2D eigenvalue weighted by Gasteiger charge is 3.50. The molecule has 0 aromatic heterocycles. The first kappa shape index (κ1) is 16.1. The first-order chi connectivity index (χ1) is 15.8. The van der Waals surface area contributed by atoms with Gasteiger partial charge in [-0.05, 0) is 135 Å². The lowest BCUT2D eigenvalue weighted by molar-refractivity contribution is -1.05. The fourth-order valence-corrected chi connectivity index (χ4v) is 28.5. The summed E-state index contributed by atoms with van der Waals surface area (Å²) in [6, 6.07) is 0. The van der Waals surface area contributed by atoms with Crippen molar-refractivity contribution >= 4 is 0 Å². The molecule has 0 aliphatic heterocycles. The molecule has 22 unspecified atom stereocenters. The van der Waals surface area contributed by atoms with Crippen molar-refractivity contribution in [3.63, 3.8) is 0 Å². The maximum atomic E-state index is 2.99. The minimum atomic E-state index is 0.496. The molecule has 0 heterocycles. The molecule has 0 amide bonds. The highest BCUT2D eigenvalue weighted by Crippen LogP contribution is 3.51. The van der Waals surface area contributed by atoms with Gasteiger partial charge in [0.25, 0.3) is 0 Å². The lowest BCUT2D eigenvalue weighted by Gasteiger charge is -3.50. The fraction of sp³-hybridized carbons (Fsp3) is 1.00. The molecule has 15 saturated carbocycles. The standard InChI is InChI=1S/C34H40/c1-12-16-14-11-15-18-19-17-13(2)21(5)23(7)20(3,4)24(8)26(10)25(9)22(12,6)28(16)27(14,15)30(18)31(19)29(17,21)32(23,24)34(26,31)33(25,28)30/h12-19H,11H2,1-10H3. The predicted molar refractivity (Wildman–Crippen MR) is 126 cm³/mol. The van der Waals surface area contributed by atoms with Crippen molar-refractivity contribution in [2.75, 3.05) is 0 Å². The van der Waals surface area contributed by atoms with Crippen LogP contribution in [0.15, 0.2) is 0 Å². The average Bonchev–Trinajstić information content (AvgIpc) is 2.75. The zero-order chi connectivity index (χ0) is 22.8. The molecule has 0 saturated heterocycles. The van der Waals surface area contributed by atoms with E-state index < -0.39 is 0 Å². The van der Waals surface area contributed by atoms with Gasteiger partial charge in [0, 0.05) is 0 Å². The second-order valence-corrected chi connectivity index (χ2v) is 20.0. The van der Waals surface area contributed by atoms with Gasteiger partial charge in [0.2, 0.25) is 0 Å². The molecule has 15 rings (SSSR count). The summed E-state index contributed by atoms with van der Waals surface area (Å²) >= 11 is 0. The molecule has 0 bridgehead atoms. The second kappa shape index (κ2) is 2.56. The molecule has 15 aliphatic rings. The molecular weight excluding hydrogens is 408 g/mol. The second-order valence-electron chi connectivity index (χ2n) is 20.0. The lowest BCUT2D eigenvalue weighted by Crippen LogP contribution is -3.48. The average molecular weight is 449 g/mol. The van der Waals surface area contributed by atoms with Gasteiger partial charge in [-0.25, -0.2) is 0 Å². The lowest BCUT2D eigenvalue weighted by atomic mass is 8.53. The van der Waals surface area contributed by atoms with Crippen LogP contribution in [0.2, 0.25) is 0 Å². The first-order valence-electron chi connectivity index (χ1n) is 15.8. The van der Waals surface area contributed by atoms with E-state index in [4.69, 9.17) is 0 Å². The molecule has 0 aromatic rings. The van der Waals surface area contributed by atoms with Crippen LogP contribution in [-0.2, 0) is 0 Å². The molecule has 176 valence electrons. The minimum absolute atomic E-state index is 0.496. The van der Waals surface area contributed by atoms with Crippen molar-refractivity contribution in [1.82, 2.24) is 0 Å². The number of hydrogen-bond acceptors (Lipinski definition) is 0. The Morgan fingerprint density at radius 2 is 1.09 bits per heavy atom. The first-order valence-corrected chi connectivity index (χ1v) is 15.8. The van der Waals surface area contributed by atoms with E-state index in [0.717, 1.165) is 61.1 Å². The fourth-order valence-electron chi connectivity index (χ4n) is 28.5. The molecule has 15 aliphatic carbocycles. The molecule has 34 heavy (non-hydrogen) atoms.